The molecule has 1 atom stereocenters. The third-order valence-corrected chi connectivity index (χ3v) is 1.76. The molecular weight excluding hydrogens is 210 g/mol. The van der Waals surface area contributed by atoms with E-state index in [4.69, 9.17) is 4.52 Å². The van der Waals surface area contributed by atoms with E-state index in [9.17, 15) is 5.11 Å². The number of aliphatic hydroxyl groups excluding tert-OH is 1. The zero-order valence-corrected chi connectivity index (χ0v) is 7.84. The highest BCUT2D eigenvalue weighted by Crippen LogP contribution is 2.20. The van der Waals surface area contributed by atoms with Crippen molar-refractivity contribution in [1.29, 1.82) is 0 Å². The molecule has 1 heterocycles. The fourth-order valence-electron chi connectivity index (χ4n) is 0.839. The second kappa shape index (κ2) is 3.88. The van der Waals surface area contributed by atoms with Crippen molar-refractivity contribution < 1.29 is 9.63 Å². The van der Waals surface area contributed by atoms with Crippen LogP contribution < -0.4 is 0 Å². The summed E-state index contributed by atoms with van der Waals surface area (Å²) < 4.78 is 5.46. The van der Waals surface area contributed by atoms with Crippen molar-refractivity contribution >= 4 is 15.9 Å². The van der Waals surface area contributed by atoms with Crippen LogP contribution in [0.1, 0.15) is 31.6 Å². The summed E-state index contributed by atoms with van der Waals surface area (Å²) in [6.45, 7) is 2.01. The van der Waals surface area contributed by atoms with Gasteiger partial charge in [0.05, 0.1) is 0 Å². The molecule has 1 aromatic rings. The standard InChI is InChI=1S/C7H10BrNO2/c1-2-3-5(10)6-4-7(8)9-11-6/h4-5,10H,2-3H2,1H3. The van der Waals surface area contributed by atoms with Gasteiger partial charge in [-0.15, -0.1) is 0 Å². The first-order valence-corrected chi connectivity index (χ1v) is 4.33. The minimum absolute atomic E-state index is 0.515. The molecule has 0 radical (unpaired) electrons. The predicted octanol–water partition coefficient (Wildman–Crippen LogP) is 2.27. The second-order valence-electron chi connectivity index (χ2n) is 2.36. The van der Waals surface area contributed by atoms with Gasteiger partial charge in [-0.2, -0.15) is 0 Å². The number of nitrogens with zero attached hydrogens (tertiary/aromatic N) is 1. The molecule has 1 aromatic heterocycles. The molecule has 0 aliphatic rings. The Morgan fingerprint density at radius 3 is 3.00 bits per heavy atom. The summed E-state index contributed by atoms with van der Waals surface area (Å²) in [5, 5.41) is 13.0. The lowest BCUT2D eigenvalue weighted by Gasteiger charge is -2.01. The van der Waals surface area contributed by atoms with Crippen LogP contribution in [0, 0.1) is 0 Å². The smallest absolute Gasteiger partial charge is 0.166 e. The highest BCUT2D eigenvalue weighted by molar-refractivity contribution is 9.10. The number of hydrogen-bond acceptors (Lipinski definition) is 3. The van der Waals surface area contributed by atoms with Gasteiger partial charge in [-0.3, -0.25) is 0 Å². The van der Waals surface area contributed by atoms with E-state index in [1.54, 1.807) is 6.07 Å². The first-order valence-electron chi connectivity index (χ1n) is 3.54. The van der Waals surface area contributed by atoms with Crippen molar-refractivity contribution in [3.8, 4) is 0 Å². The van der Waals surface area contributed by atoms with Crippen molar-refractivity contribution in [3.63, 3.8) is 0 Å². The Labute approximate surface area is 73.5 Å². The molecule has 0 aliphatic carbocycles. The van der Waals surface area contributed by atoms with Gasteiger partial charge < -0.3 is 9.63 Å². The van der Waals surface area contributed by atoms with Crippen LogP contribution in [-0.4, -0.2) is 10.3 Å². The van der Waals surface area contributed by atoms with E-state index in [1.807, 2.05) is 6.92 Å². The van der Waals surface area contributed by atoms with Gasteiger partial charge in [-0.05, 0) is 22.4 Å². The Morgan fingerprint density at radius 2 is 2.55 bits per heavy atom. The van der Waals surface area contributed by atoms with E-state index in [2.05, 4.69) is 21.1 Å². The molecular formula is C7H10BrNO2. The topological polar surface area (TPSA) is 46.3 Å². The lowest BCUT2D eigenvalue weighted by Crippen LogP contribution is -1.93. The first-order chi connectivity index (χ1) is 5.24. The molecule has 0 bridgehead atoms. The lowest BCUT2D eigenvalue weighted by atomic mass is 10.2. The van der Waals surface area contributed by atoms with Crippen molar-refractivity contribution in [2.45, 2.75) is 25.9 Å². The number of rotatable bonds is 3. The number of halogens is 1. The van der Waals surface area contributed by atoms with Gasteiger partial charge in [-0.25, -0.2) is 0 Å². The third kappa shape index (κ3) is 2.31. The minimum atomic E-state index is -0.515. The highest BCUT2D eigenvalue weighted by atomic mass is 79.9. The molecule has 4 heteroatoms. The molecule has 11 heavy (non-hydrogen) atoms. The van der Waals surface area contributed by atoms with Gasteiger partial charge >= 0.3 is 0 Å². The summed E-state index contributed by atoms with van der Waals surface area (Å²) in [6, 6.07) is 1.68. The average molecular weight is 220 g/mol. The molecule has 1 rings (SSSR count). The molecule has 0 aliphatic heterocycles. The van der Waals surface area contributed by atoms with Crippen LogP contribution in [0.25, 0.3) is 0 Å². The Hall–Kier alpha value is -0.350. The predicted molar refractivity (Wildman–Crippen MR) is 44.1 cm³/mol. The van der Waals surface area contributed by atoms with Gasteiger partial charge in [0.25, 0.3) is 0 Å². The van der Waals surface area contributed by atoms with Crippen LogP contribution >= 0.6 is 15.9 Å². The summed E-state index contributed by atoms with van der Waals surface area (Å²) >= 11 is 3.14. The Balaban J connectivity index is 2.60. The van der Waals surface area contributed by atoms with Gasteiger partial charge in [0, 0.05) is 6.07 Å². The lowest BCUT2D eigenvalue weighted by molar-refractivity contribution is 0.129. The maximum Gasteiger partial charge on any atom is 0.166 e. The van der Waals surface area contributed by atoms with Gasteiger partial charge in [0.2, 0.25) is 0 Å². The molecule has 62 valence electrons. The summed E-state index contributed by atoms with van der Waals surface area (Å²) in [6.07, 6.45) is 1.12. The Kier molecular flexibility index (Phi) is 3.08. The van der Waals surface area contributed by atoms with Crippen LogP contribution in [0.5, 0.6) is 0 Å². The molecule has 1 unspecified atom stereocenters. The fraction of sp³-hybridized carbons (Fsp3) is 0.571. The Bertz CT molecular complexity index is 224. The zero-order chi connectivity index (χ0) is 8.27. The van der Waals surface area contributed by atoms with Crippen LogP contribution in [0.4, 0.5) is 0 Å². The quantitative estimate of drug-likeness (QED) is 0.849. The van der Waals surface area contributed by atoms with Crippen molar-refractivity contribution in [2.75, 3.05) is 0 Å². The fourth-order valence-corrected chi connectivity index (χ4v) is 1.14. The van der Waals surface area contributed by atoms with Crippen molar-refractivity contribution in [3.05, 3.63) is 16.4 Å². The summed E-state index contributed by atoms with van der Waals surface area (Å²) in [5.41, 5.74) is 0. The summed E-state index contributed by atoms with van der Waals surface area (Å²) in [7, 11) is 0. The van der Waals surface area contributed by atoms with Crippen LogP contribution in [0.15, 0.2) is 15.2 Å². The summed E-state index contributed by atoms with van der Waals surface area (Å²) in [5.74, 6) is 0.527. The van der Waals surface area contributed by atoms with E-state index in [1.165, 1.54) is 0 Å². The van der Waals surface area contributed by atoms with Crippen LogP contribution in [0.3, 0.4) is 0 Å². The average Bonchev–Trinajstić information content (AvgIpc) is 2.36. The SMILES string of the molecule is CCCC(O)c1cc(Br)no1. The molecule has 1 N–H and O–H groups in total. The van der Waals surface area contributed by atoms with Gasteiger partial charge in [-0.1, -0.05) is 18.5 Å². The van der Waals surface area contributed by atoms with E-state index in [0.29, 0.717) is 16.8 Å². The van der Waals surface area contributed by atoms with Crippen molar-refractivity contribution in [2.24, 2.45) is 0 Å². The molecule has 0 fully saturated rings. The van der Waals surface area contributed by atoms with Crippen LogP contribution in [0.2, 0.25) is 0 Å². The second-order valence-corrected chi connectivity index (χ2v) is 3.17. The number of aromatic nitrogens is 1. The maximum absolute atomic E-state index is 9.38. The van der Waals surface area contributed by atoms with Gasteiger partial charge in [0.1, 0.15) is 10.7 Å². The third-order valence-electron chi connectivity index (χ3n) is 1.39. The van der Waals surface area contributed by atoms with Crippen molar-refractivity contribution in [1.82, 2.24) is 5.16 Å². The molecule has 0 amide bonds. The monoisotopic (exact) mass is 219 g/mol. The molecule has 0 aromatic carbocycles. The normalized spacial score (nSPS) is 13.4. The van der Waals surface area contributed by atoms with E-state index in [0.717, 1.165) is 6.42 Å². The van der Waals surface area contributed by atoms with Crippen LogP contribution in [-0.2, 0) is 0 Å². The molecule has 0 spiro atoms. The highest BCUT2D eigenvalue weighted by Gasteiger charge is 2.11. The molecule has 0 saturated heterocycles. The van der Waals surface area contributed by atoms with E-state index >= 15 is 0 Å². The Morgan fingerprint density at radius 1 is 1.82 bits per heavy atom. The van der Waals surface area contributed by atoms with Gasteiger partial charge in [0.15, 0.2) is 5.76 Å². The number of hydrogen-bond donors (Lipinski definition) is 1. The molecule has 0 saturated carbocycles. The maximum atomic E-state index is 9.38. The largest absolute Gasteiger partial charge is 0.385 e. The first kappa shape index (κ1) is 8.74. The number of aliphatic hydroxyl groups is 1. The van der Waals surface area contributed by atoms with E-state index < -0.39 is 6.10 Å². The summed E-state index contributed by atoms with van der Waals surface area (Å²) in [4.78, 5) is 0. The van der Waals surface area contributed by atoms with E-state index in [-0.39, 0.29) is 0 Å². The zero-order valence-electron chi connectivity index (χ0n) is 6.25. The minimum Gasteiger partial charge on any atom is -0.385 e. The molecule has 3 nitrogen and oxygen atoms in total.